The van der Waals surface area contributed by atoms with Crippen molar-refractivity contribution in [2.75, 3.05) is 6.54 Å². The van der Waals surface area contributed by atoms with Gasteiger partial charge in [-0.25, -0.2) is 0 Å². The van der Waals surface area contributed by atoms with Crippen molar-refractivity contribution in [2.45, 2.75) is 19.3 Å². The monoisotopic (exact) mass is 165 g/mol. The molecule has 0 aromatic carbocycles. The molecule has 0 radical (unpaired) electrons. The van der Waals surface area contributed by atoms with E-state index in [9.17, 15) is 4.79 Å². The fourth-order valence-electron chi connectivity index (χ4n) is 1.36. The van der Waals surface area contributed by atoms with Crippen molar-refractivity contribution >= 4 is 5.91 Å². The molecular weight excluding hydrogens is 150 g/mol. The molecule has 2 heteroatoms. The molecule has 1 amide bonds. The van der Waals surface area contributed by atoms with Gasteiger partial charge in [-0.15, -0.1) is 0 Å². The predicted molar refractivity (Wildman–Crippen MR) is 49.7 cm³/mol. The smallest absolute Gasteiger partial charge is 0.243 e. The second-order valence-corrected chi connectivity index (χ2v) is 3.10. The van der Waals surface area contributed by atoms with Crippen LogP contribution in [0.4, 0.5) is 0 Å². The van der Waals surface area contributed by atoms with E-state index in [0.29, 0.717) is 5.92 Å². The summed E-state index contributed by atoms with van der Waals surface area (Å²) in [4.78, 5) is 10.8. The van der Waals surface area contributed by atoms with Crippen LogP contribution in [0, 0.1) is 5.92 Å². The molecule has 12 heavy (non-hydrogen) atoms. The van der Waals surface area contributed by atoms with Crippen molar-refractivity contribution in [2.24, 2.45) is 5.92 Å². The van der Waals surface area contributed by atoms with Crippen LogP contribution < -0.4 is 5.32 Å². The highest BCUT2D eigenvalue weighted by Gasteiger charge is 2.09. The Morgan fingerprint density at radius 3 is 3.08 bits per heavy atom. The third-order valence-electron chi connectivity index (χ3n) is 2.13. The molecule has 0 spiro atoms. The van der Waals surface area contributed by atoms with E-state index in [1.54, 1.807) is 0 Å². The molecule has 2 nitrogen and oxygen atoms in total. The van der Waals surface area contributed by atoms with E-state index in [2.05, 4.69) is 24.0 Å². The lowest BCUT2D eigenvalue weighted by Crippen LogP contribution is -2.27. The molecule has 0 aromatic heterocycles. The summed E-state index contributed by atoms with van der Waals surface area (Å²) in [6, 6.07) is 0. The van der Waals surface area contributed by atoms with Gasteiger partial charge in [-0.05, 0) is 31.3 Å². The van der Waals surface area contributed by atoms with Crippen LogP contribution in [-0.4, -0.2) is 12.5 Å². The van der Waals surface area contributed by atoms with Crippen molar-refractivity contribution in [3.63, 3.8) is 0 Å². The predicted octanol–water partition coefficient (Wildman–Crippen LogP) is 1.64. The molecule has 0 saturated carbocycles. The number of allylic oxidation sites excluding steroid dienone is 2. The summed E-state index contributed by atoms with van der Waals surface area (Å²) in [7, 11) is 0. The lowest BCUT2D eigenvalue weighted by atomic mass is 9.94. The number of nitrogens with one attached hydrogen (secondary N) is 1. The van der Waals surface area contributed by atoms with Crippen molar-refractivity contribution in [3.8, 4) is 0 Å². The summed E-state index contributed by atoms with van der Waals surface area (Å²) < 4.78 is 0. The zero-order chi connectivity index (χ0) is 8.81. The van der Waals surface area contributed by atoms with Crippen LogP contribution in [0.25, 0.3) is 0 Å². The van der Waals surface area contributed by atoms with Gasteiger partial charge in [0, 0.05) is 6.54 Å². The second kappa shape index (κ2) is 4.75. The summed E-state index contributed by atoms with van der Waals surface area (Å²) >= 11 is 0. The van der Waals surface area contributed by atoms with Gasteiger partial charge in [0.05, 0.1) is 0 Å². The van der Waals surface area contributed by atoms with Crippen LogP contribution >= 0.6 is 0 Å². The van der Waals surface area contributed by atoms with Gasteiger partial charge in [-0.1, -0.05) is 18.7 Å². The highest BCUT2D eigenvalue weighted by atomic mass is 16.1. The zero-order valence-corrected chi connectivity index (χ0v) is 7.25. The van der Waals surface area contributed by atoms with E-state index in [-0.39, 0.29) is 5.91 Å². The zero-order valence-electron chi connectivity index (χ0n) is 7.25. The van der Waals surface area contributed by atoms with Crippen LogP contribution in [0.3, 0.4) is 0 Å². The summed E-state index contributed by atoms with van der Waals surface area (Å²) in [5.41, 5.74) is 0. The summed E-state index contributed by atoms with van der Waals surface area (Å²) in [6.07, 6.45) is 9.14. The number of amides is 1. The Labute approximate surface area is 73.4 Å². The maximum Gasteiger partial charge on any atom is 0.243 e. The molecule has 1 aliphatic carbocycles. The third-order valence-corrected chi connectivity index (χ3v) is 2.13. The average molecular weight is 165 g/mol. The average Bonchev–Trinajstić information content (AvgIpc) is 2.16. The Bertz CT molecular complexity index is 196. The third kappa shape index (κ3) is 2.91. The van der Waals surface area contributed by atoms with E-state index in [4.69, 9.17) is 0 Å². The lowest BCUT2D eigenvalue weighted by Gasteiger charge is -2.17. The number of carbonyl (C=O) groups is 1. The second-order valence-electron chi connectivity index (χ2n) is 3.10. The Morgan fingerprint density at radius 1 is 1.67 bits per heavy atom. The molecule has 1 atom stereocenters. The standard InChI is InChI=1S/C10H15NO/c1-2-10(12)11-8-9-6-4-3-5-7-9/h2-4,9H,1,5-8H2,(H,11,12). The highest BCUT2D eigenvalue weighted by Crippen LogP contribution is 2.16. The first kappa shape index (κ1) is 9.04. The Hall–Kier alpha value is -1.05. The van der Waals surface area contributed by atoms with Gasteiger partial charge in [0.1, 0.15) is 0 Å². The minimum Gasteiger partial charge on any atom is -0.352 e. The molecule has 1 N–H and O–H groups in total. The molecule has 1 rings (SSSR count). The molecule has 1 unspecified atom stereocenters. The van der Waals surface area contributed by atoms with Crippen LogP contribution in [0.15, 0.2) is 24.8 Å². The van der Waals surface area contributed by atoms with Gasteiger partial charge in [0.2, 0.25) is 5.91 Å². The van der Waals surface area contributed by atoms with Gasteiger partial charge in [0.15, 0.2) is 0 Å². The first-order valence-electron chi connectivity index (χ1n) is 4.38. The molecule has 0 fully saturated rings. The largest absolute Gasteiger partial charge is 0.352 e. The Kier molecular flexibility index (Phi) is 3.58. The molecule has 0 bridgehead atoms. The maximum absolute atomic E-state index is 10.8. The minimum absolute atomic E-state index is 0.0652. The number of carbonyl (C=O) groups excluding carboxylic acids is 1. The maximum atomic E-state index is 10.8. The summed E-state index contributed by atoms with van der Waals surface area (Å²) in [6.45, 7) is 4.19. The van der Waals surface area contributed by atoms with E-state index in [0.717, 1.165) is 19.4 Å². The highest BCUT2D eigenvalue weighted by molar-refractivity contribution is 5.86. The van der Waals surface area contributed by atoms with Gasteiger partial charge in [0.25, 0.3) is 0 Å². The molecular formula is C10H15NO. The van der Waals surface area contributed by atoms with Crippen molar-refractivity contribution in [3.05, 3.63) is 24.8 Å². The van der Waals surface area contributed by atoms with E-state index < -0.39 is 0 Å². The van der Waals surface area contributed by atoms with Crippen LogP contribution in [-0.2, 0) is 4.79 Å². The molecule has 1 aliphatic rings. The first-order chi connectivity index (χ1) is 5.83. The molecule has 66 valence electrons. The van der Waals surface area contributed by atoms with E-state index in [1.807, 2.05) is 0 Å². The van der Waals surface area contributed by atoms with Crippen LogP contribution in [0.2, 0.25) is 0 Å². The quantitative estimate of drug-likeness (QED) is 0.500. The number of rotatable bonds is 3. The molecule has 0 aromatic rings. The number of hydrogen-bond donors (Lipinski definition) is 1. The topological polar surface area (TPSA) is 29.1 Å². The van der Waals surface area contributed by atoms with Gasteiger partial charge in [-0.2, -0.15) is 0 Å². The van der Waals surface area contributed by atoms with Crippen LogP contribution in [0.5, 0.6) is 0 Å². The normalized spacial score (nSPS) is 21.8. The first-order valence-corrected chi connectivity index (χ1v) is 4.38. The fourth-order valence-corrected chi connectivity index (χ4v) is 1.36. The molecule has 0 saturated heterocycles. The van der Waals surface area contributed by atoms with E-state index in [1.165, 1.54) is 12.5 Å². The SMILES string of the molecule is C=CC(=O)NCC1CC=CCC1. The minimum atomic E-state index is -0.0652. The molecule has 0 aliphatic heterocycles. The molecule has 0 heterocycles. The summed E-state index contributed by atoms with van der Waals surface area (Å²) in [5.74, 6) is 0.559. The van der Waals surface area contributed by atoms with Crippen molar-refractivity contribution in [1.29, 1.82) is 0 Å². The summed E-state index contributed by atoms with van der Waals surface area (Å²) in [5, 5.41) is 2.81. The van der Waals surface area contributed by atoms with Crippen molar-refractivity contribution in [1.82, 2.24) is 5.32 Å². The Morgan fingerprint density at radius 2 is 2.50 bits per heavy atom. The lowest BCUT2D eigenvalue weighted by molar-refractivity contribution is -0.116. The number of hydrogen-bond acceptors (Lipinski definition) is 1. The van der Waals surface area contributed by atoms with E-state index >= 15 is 0 Å². The van der Waals surface area contributed by atoms with Crippen molar-refractivity contribution < 1.29 is 4.79 Å². The Balaban J connectivity index is 2.18. The van der Waals surface area contributed by atoms with Gasteiger partial charge in [-0.3, -0.25) is 4.79 Å². The van der Waals surface area contributed by atoms with Gasteiger partial charge >= 0.3 is 0 Å². The van der Waals surface area contributed by atoms with Gasteiger partial charge < -0.3 is 5.32 Å². The van der Waals surface area contributed by atoms with Crippen LogP contribution in [0.1, 0.15) is 19.3 Å². The fraction of sp³-hybridized carbons (Fsp3) is 0.500.